The monoisotopic (exact) mass is 383 g/mol. The average molecular weight is 383 g/mol. The van der Waals surface area contributed by atoms with Crippen LogP contribution in [-0.4, -0.2) is 41.8 Å². The van der Waals surface area contributed by atoms with E-state index in [1.807, 2.05) is 29.2 Å². The van der Waals surface area contributed by atoms with E-state index in [0.717, 1.165) is 18.4 Å². The highest BCUT2D eigenvalue weighted by molar-refractivity contribution is 5.91. The van der Waals surface area contributed by atoms with E-state index >= 15 is 0 Å². The van der Waals surface area contributed by atoms with Gasteiger partial charge in [-0.1, -0.05) is 5.16 Å². The number of amides is 2. The summed E-state index contributed by atoms with van der Waals surface area (Å²) in [6.07, 6.45) is 2.76. The zero-order valence-electron chi connectivity index (χ0n) is 15.3. The third-order valence-corrected chi connectivity index (χ3v) is 6.00. The fourth-order valence-corrected chi connectivity index (χ4v) is 4.06. The molecule has 1 saturated heterocycles. The molecule has 2 aromatic rings. The van der Waals surface area contributed by atoms with Crippen molar-refractivity contribution in [2.45, 2.75) is 31.1 Å². The topological polar surface area (TPSA) is 108 Å². The maximum atomic E-state index is 13.1. The Balaban J connectivity index is 1.34. The van der Waals surface area contributed by atoms with Gasteiger partial charge in [0.15, 0.2) is 17.3 Å². The fourth-order valence-electron chi connectivity index (χ4n) is 4.06. The SMILES string of the molecule is NC(=O)C1CCN(C(=O)C2(c3cc(-c4ccc5c(c4)OCO5)on3)CC2)CC1. The lowest BCUT2D eigenvalue weighted by Crippen LogP contribution is -2.46. The molecule has 1 aromatic heterocycles. The molecule has 2 N–H and O–H groups in total. The second-order valence-electron chi connectivity index (χ2n) is 7.70. The van der Waals surface area contributed by atoms with Crippen molar-refractivity contribution in [1.29, 1.82) is 0 Å². The lowest BCUT2D eigenvalue weighted by Gasteiger charge is -2.32. The molecule has 1 aromatic carbocycles. The predicted molar refractivity (Wildman–Crippen MR) is 97.5 cm³/mol. The van der Waals surface area contributed by atoms with Crippen molar-refractivity contribution in [2.75, 3.05) is 19.9 Å². The first-order valence-electron chi connectivity index (χ1n) is 9.53. The van der Waals surface area contributed by atoms with E-state index in [2.05, 4.69) is 5.16 Å². The maximum Gasteiger partial charge on any atom is 0.234 e. The second kappa shape index (κ2) is 6.25. The molecule has 5 rings (SSSR count). The summed E-state index contributed by atoms with van der Waals surface area (Å²) >= 11 is 0. The van der Waals surface area contributed by atoms with Gasteiger partial charge in [0, 0.05) is 30.6 Å². The molecule has 0 unspecified atom stereocenters. The summed E-state index contributed by atoms with van der Waals surface area (Å²) in [5, 5.41) is 4.21. The van der Waals surface area contributed by atoms with Gasteiger partial charge in [-0.05, 0) is 43.9 Å². The van der Waals surface area contributed by atoms with Crippen molar-refractivity contribution in [3.63, 3.8) is 0 Å². The minimum Gasteiger partial charge on any atom is -0.454 e. The summed E-state index contributed by atoms with van der Waals surface area (Å²) in [6.45, 7) is 1.33. The van der Waals surface area contributed by atoms with Gasteiger partial charge in [-0.25, -0.2) is 0 Å². The van der Waals surface area contributed by atoms with Gasteiger partial charge < -0.3 is 24.6 Å². The van der Waals surface area contributed by atoms with Crippen LogP contribution in [0.15, 0.2) is 28.8 Å². The standard InChI is InChI=1S/C20H21N3O5/c21-18(24)12-3-7-23(8-4-12)19(25)20(5-6-20)17-10-15(28-22-17)13-1-2-14-16(9-13)27-11-26-14/h1-2,9-10,12H,3-8,11H2,(H2,21,24). The molecule has 8 nitrogen and oxygen atoms in total. The van der Waals surface area contributed by atoms with Gasteiger partial charge in [-0.15, -0.1) is 0 Å². The number of piperidine rings is 1. The lowest BCUT2D eigenvalue weighted by atomic mass is 9.93. The van der Waals surface area contributed by atoms with Crippen molar-refractivity contribution in [2.24, 2.45) is 11.7 Å². The van der Waals surface area contributed by atoms with E-state index in [0.29, 0.717) is 48.9 Å². The number of carbonyl (C=O) groups is 2. The molecule has 3 heterocycles. The van der Waals surface area contributed by atoms with E-state index in [9.17, 15) is 9.59 Å². The lowest BCUT2D eigenvalue weighted by molar-refractivity contribution is -0.137. The summed E-state index contributed by atoms with van der Waals surface area (Å²) in [4.78, 5) is 26.3. The molecule has 28 heavy (non-hydrogen) atoms. The molecular weight excluding hydrogens is 362 g/mol. The summed E-state index contributed by atoms with van der Waals surface area (Å²) in [5.74, 6) is 1.63. The van der Waals surface area contributed by atoms with Crippen molar-refractivity contribution in [1.82, 2.24) is 10.1 Å². The zero-order chi connectivity index (χ0) is 19.3. The largest absolute Gasteiger partial charge is 0.454 e. The number of ether oxygens (including phenoxy) is 2. The first-order valence-corrected chi connectivity index (χ1v) is 9.53. The second-order valence-corrected chi connectivity index (χ2v) is 7.70. The number of likely N-dealkylation sites (tertiary alicyclic amines) is 1. The quantitative estimate of drug-likeness (QED) is 0.863. The number of rotatable bonds is 4. The highest BCUT2D eigenvalue weighted by Crippen LogP contribution is 2.50. The highest BCUT2D eigenvalue weighted by Gasteiger charge is 2.55. The van der Waals surface area contributed by atoms with Crippen molar-refractivity contribution >= 4 is 11.8 Å². The Bertz CT molecular complexity index is 941. The predicted octanol–water partition coefficient (Wildman–Crippen LogP) is 1.83. The number of carbonyl (C=O) groups excluding carboxylic acids is 2. The first kappa shape index (κ1) is 17.1. The van der Waals surface area contributed by atoms with Gasteiger partial charge in [-0.3, -0.25) is 9.59 Å². The van der Waals surface area contributed by atoms with Crippen LogP contribution in [0.25, 0.3) is 11.3 Å². The average Bonchev–Trinajstić information content (AvgIpc) is 3.15. The minimum atomic E-state index is -0.600. The molecule has 1 saturated carbocycles. The molecule has 8 heteroatoms. The Labute approximate surface area is 161 Å². The molecule has 0 atom stereocenters. The van der Waals surface area contributed by atoms with Crippen LogP contribution in [0.4, 0.5) is 0 Å². The normalized spacial score (nSPS) is 20.2. The molecule has 2 aliphatic heterocycles. The Morgan fingerprint density at radius 1 is 1.11 bits per heavy atom. The Morgan fingerprint density at radius 3 is 2.57 bits per heavy atom. The molecule has 1 aliphatic carbocycles. The Kier molecular flexibility index (Phi) is 3.82. The van der Waals surface area contributed by atoms with Crippen LogP contribution in [0.1, 0.15) is 31.4 Å². The number of benzene rings is 1. The third kappa shape index (κ3) is 2.71. The highest BCUT2D eigenvalue weighted by atomic mass is 16.7. The van der Waals surface area contributed by atoms with Crippen LogP contribution in [-0.2, 0) is 15.0 Å². The number of hydrogen-bond acceptors (Lipinski definition) is 6. The van der Waals surface area contributed by atoms with Crippen LogP contribution in [0, 0.1) is 5.92 Å². The Morgan fingerprint density at radius 2 is 1.86 bits per heavy atom. The number of aromatic nitrogens is 1. The van der Waals surface area contributed by atoms with Gasteiger partial charge in [0.25, 0.3) is 0 Å². The molecule has 0 bridgehead atoms. The van der Waals surface area contributed by atoms with Crippen LogP contribution in [0.2, 0.25) is 0 Å². The van der Waals surface area contributed by atoms with Crippen molar-refractivity contribution in [3.8, 4) is 22.8 Å². The zero-order valence-corrected chi connectivity index (χ0v) is 15.3. The molecular formula is C20H21N3O5. The third-order valence-electron chi connectivity index (χ3n) is 6.00. The van der Waals surface area contributed by atoms with Crippen molar-refractivity contribution in [3.05, 3.63) is 30.0 Å². The van der Waals surface area contributed by atoms with E-state index in [1.165, 1.54) is 0 Å². The fraction of sp³-hybridized carbons (Fsp3) is 0.450. The van der Waals surface area contributed by atoms with Crippen LogP contribution >= 0.6 is 0 Å². The van der Waals surface area contributed by atoms with E-state index in [1.54, 1.807) is 0 Å². The van der Waals surface area contributed by atoms with Gasteiger partial charge in [0.1, 0.15) is 0 Å². The molecule has 2 amide bonds. The number of nitrogens with zero attached hydrogens (tertiary/aromatic N) is 2. The minimum absolute atomic E-state index is 0.0703. The smallest absolute Gasteiger partial charge is 0.234 e. The molecule has 3 aliphatic rings. The molecule has 146 valence electrons. The van der Waals surface area contributed by atoms with Crippen molar-refractivity contribution < 1.29 is 23.6 Å². The Hall–Kier alpha value is -3.03. The van der Waals surface area contributed by atoms with E-state index in [4.69, 9.17) is 19.7 Å². The first-order chi connectivity index (χ1) is 13.6. The molecule has 0 spiro atoms. The van der Waals surface area contributed by atoms with E-state index < -0.39 is 5.41 Å². The maximum absolute atomic E-state index is 13.1. The van der Waals surface area contributed by atoms with Gasteiger partial charge in [0.2, 0.25) is 18.6 Å². The number of nitrogens with two attached hydrogens (primary N) is 1. The van der Waals surface area contributed by atoms with Gasteiger partial charge in [-0.2, -0.15) is 0 Å². The van der Waals surface area contributed by atoms with E-state index in [-0.39, 0.29) is 24.5 Å². The molecule has 0 radical (unpaired) electrons. The van der Waals surface area contributed by atoms with Crippen LogP contribution in [0.3, 0.4) is 0 Å². The number of fused-ring (bicyclic) bond motifs is 1. The summed E-state index contributed by atoms with van der Waals surface area (Å²) < 4.78 is 16.3. The van der Waals surface area contributed by atoms with Crippen LogP contribution in [0.5, 0.6) is 11.5 Å². The molecule has 2 fully saturated rings. The number of primary amides is 1. The van der Waals surface area contributed by atoms with Gasteiger partial charge in [0.05, 0.1) is 11.1 Å². The summed E-state index contributed by atoms with van der Waals surface area (Å²) in [7, 11) is 0. The summed E-state index contributed by atoms with van der Waals surface area (Å²) in [6, 6.07) is 7.41. The number of hydrogen-bond donors (Lipinski definition) is 1. The summed E-state index contributed by atoms with van der Waals surface area (Å²) in [5.41, 5.74) is 6.28. The van der Waals surface area contributed by atoms with Crippen LogP contribution < -0.4 is 15.2 Å². The van der Waals surface area contributed by atoms with Gasteiger partial charge >= 0.3 is 0 Å².